The number of anilines is 1. The van der Waals surface area contributed by atoms with Crippen LogP contribution in [0.1, 0.15) is 38.1 Å². The number of carbonyl (C=O) groups excluding carboxylic acids is 1. The van der Waals surface area contributed by atoms with Gasteiger partial charge in [-0.05, 0) is 50.3 Å². The van der Waals surface area contributed by atoms with Crippen LogP contribution in [0.4, 0.5) is 5.69 Å². The Bertz CT molecular complexity index is 863. The maximum absolute atomic E-state index is 13.0. The molecule has 0 aromatic carbocycles. The smallest absolute Gasteiger partial charge is 0.290 e. The molecule has 6 nitrogen and oxygen atoms in total. The topological polar surface area (TPSA) is 81.2 Å². The Morgan fingerprint density at radius 3 is 2.54 bits per heavy atom. The number of thiophene rings is 1. The summed E-state index contributed by atoms with van der Waals surface area (Å²) < 4.78 is 1.24. The fourth-order valence-electron chi connectivity index (χ4n) is 3.70. The van der Waals surface area contributed by atoms with Crippen molar-refractivity contribution in [2.45, 2.75) is 40.2 Å². The van der Waals surface area contributed by atoms with Crippen LogP contribution >= 0.6 is 11.3 Å². The molecule has 3 rings (SSSR count). The van der Waals surface area contributed by atoms with E-state index in [1.165, 1.54) is 4.68 Å². The number of piperidine rings is 1. The lowest BCUT2D eigenvalue weighted by atomic mass is 9.91. The van der Waals surface area contributed by atoms with Crippen LogP contribution in [0.5, 0.6) is 0 Å². The Labute approximate surface area is 157 Å². The van der Waals surface area contributed by atoms with Crippen molar-refractivity contribution in [2.75, 3.05) is 18.8 Å². The van der Waals surface area contributed by atoms with E-state index in [2.05, 4.69) is 18.9 Å². The molecule has 26 heavy (non-hydrogen) atoms. The molecule has 1 fully saturated rings. The SMILES string of the molecule is Cc1ccc(-c2cc(N)c(=O)n([C@H](C)C(=O)N3C[C@H](C)C[C@@H](C)C3)n2)s1. The lowest BCUT2D eigenvalue weighted by molar-refractivity contribution is -0.137. The molecule has 3 heterocycles. The lowest BCUT2D eigenvalue weighted by Gasteiger charge is -2.36. The second-order valence-electron chi connectivity index (χ2n) is 7.51. The van der Waals surface area contributed by atoms with Crippen molar-refractivity contribution in [1.29, 1.82) is 0 Å². The van der Waals surface area contributed by atoms with Crippen LogP contribution in [0.15, 0.2) is 23.0 Å². The quantitative estimate of drug-likeness (QED) is 0.896. The van der Waals surface area contributed by atoms with Crippen LogP contribution < -0.4 is 11.3 Å². The van der Waals surface area contributed by atoms with Gasteiger partial charge in [0.1, 0.15) is 17.4 Å². The van der Waals surface area contributed by atoms with Gasteiger partial charge in [-0.3, -0.25) is 9.59 Å². The third-order valence-electron chi connectivity index (χ3n) is 4.86. The summed E-state index contributed by atoms with van der Waals surface area (Å²) >= 11 is 1.58. The summed E-state index contributed by atoms with van der Waals surface area (Å²) in [6.45, 7) is 9.50. The van der Waals surface area contributed by atoms with E-state index in [0.717, 1.165) is 29.3 Å². The summed E-state index contributed by atoms with van der Waals surface area (Å²) in [5, 5.41) is 4.46. The Morgan fingerprint density at radius 1 is 1.31 bits per heavy atom. The molecule has 2 aromatic rings. The summed E-state index contributed by atoms with van der Waals surface area (Å²) in [5.74, 6) is 0.854. The summed E-state index contributed by atoms with van der Waals surface area (Å²) in [4.78, 5) is 29.5. The number of nitrogen functional groups attached to an aromatic ring is 1. The fraction of sp³-hybridized carbons (Fsp3) is 0.526. The molecule has 2 N–H and O–H groups in total. The minimum Gasteiger partial charge on any atom is -0.394 e. The molecule has 1 aliphatic heterocycles. The number of hydrogen-bond donors (Lipinski definition) is 1. The second kappa shape index (κ2) is 7.23. The lowest BCUT2D eigenvalue weighted by Crippen LogP contribution is -2.47. The van der Waals surface area contributed by atoms with Gasteiger partial charge in [0.2, 0.25) is 5.91 Å². The van der Waals surface area contributed by atoms with Crippen molar-refractivity contribution in [3.8, 4) is 10.6 Å². The fourth-order valence-corrected chi connectivity index (χ4v) is 4.52. The number of amides is 1. The number of likely N-dealkylation sites (tertiary alicyclic amines) is 1. The van der Waals surface area contributed by atoms with Gasteiger partial charge < -0.3 is 10.6 Å². The average molecular weight is 375 g/mol. The minimum atomic E-state index is -0.677. The van der Waals surface area contributed by atoms with Crippen LogP contribution in [0.3, 0.4) is 0 Å². The summed E-state index contributed by atoms with van der Waals surface area (Å²) in [7, 11) is 0. The average Bonchev–Trinajstić information content (AvgIpc) is 3.01. The highest BCUT2D eigenvalue weighted by Gasteiger charge is 2.30. The van der Waals surface area contributed by atoms with Gasteiger partial charge in [-0.25, -0.2) is 4.68 Å². The van der Waals surface area contributed by atoms with Gasteiger partial charge in [0, 0.05) is 18.0 Å². The van der Waals surface area contributed by atoms with E-state index in [-0.39, 0.29) is 11.6 Å². The predicted molar refractivity (Wildman–Crippen MR) is 105 cm³/mol. The third-order valence-corrected chi connectivity index (χ3v) is 5.88. The molecule has 2 aromatic heterocycles. The first-order valence-corrected chi connectivity index (χ1v) is 9.82. The molecule has 0 radical (unpaired) electrons. The van der Waals surface area contributed by atoms with Crippen molar-refractivity contribution in [2.24, 2.45) is 11.8 Å². The number of carbonyl (C=O) groups is 1. The van der Waals surface area contributed by atoms with Gasteiger partial charge in [0.15, 0.2) is 0 Å². The maximum Gasteiger partial charge on any atom is 0.290 e. The molecule has 7 heteroatoms. The highest BCUT2D eigenvalue weighted by atomic mass is 32.1. The van der Waals surface area contributed by atoms with Crippen LogP contribution in [-0.4, -0.2) is 33.7 Å². The molecule has 0 bridgehead atoms. The van der Waals surface area contributed by atoms with E-state index in [1.807, 2.05) is 24.0 Å². The van der Waals surface area contributed by atoms with Gasteiger partial charge in [0.25, 0.3) is 5.56 Å². The summed E-state index contributed by atoms with van der Waals surface area (Å²) in [5.41, 5.74) is 6.25. The zero-order valence-electron chi connectivity index (χ0n) is 15.7. The summed E-state index contributed by atoms with van der Waals surface area (Å²) in [6.07, 6.45) is 1.12. The van der Waals surface area contributed by atoms with Crippen molar-refractivity contribution >= 4 is 22.9 Å². The first-order chi connectivity index (χ1) is 12.3. The van der Waals surface area contributed by atoms with Gasteiger partial charge in [-0.1, -0.05) is 13.8 Å². The van der Waals surface area contributed by atoms with E-state index in [9.17, 15) is 9.59 Å². The van der Waals surface area contributed by atoms with Crippen LogP contribution in [0, 0.1) is 18.8 Å². The molecule has 3 atom stereocenters. The largest absolute Gasteiger partial charge is 0.394 e. The Balaban J connectivity index is 1.93. The summed E-state index contributed by atoms with van der Waals surface area (Å²) in [6, 6.07) is 4.87. The molecule has 0 saturated carbocycles. The van der Waals surface area contributed by atoms with Crippen molar-refractivity contribution in [3.05, 3.63) is 33.4 Å². The second-order valence-corrected chi connectivity index (χ2v) is 8.80. The molecule has 140 valence electrons. The van der Waals surface area contributed by atoms with E-state index in [4.69, 9.17) is 5.73 Å². The van der Waals surface area contributed by atoms with Crippen LogP contribution in [-0.2, 0) is 4.79 Å². The number of nitrogens with zero attached hydrogens (tertiary/aromatic N) is 3. The molecule has 1 amide bonds. The molecule has 1 aliphatic rings. The zero-order chi connectivity index (χ0) is 19.0. The molecule has 0 aliphatic carbocycles. The van der Waals surface area contributed by atoms with Crippen molar-refractivity contribution < 1.29 is 4.79 Å². The van der Waals surface area contributed by atoms with E-state index in [0.29, 0.717) is 17.5 Å². The molecular formula is C19H26N4O2S. The van der Waals surface area contributed by atoms with Crippen LogP contribution in [0.25, 0.3) is 10.6 Å². The molecule has 0 spiro atoms. The molecule has 0 unspecified atom stereocenters. The number of hydrogen-bond acceptors (Lipinski definition) is 5. The van der Waals surface area contributed by atoms with E-state index < -0.39 is 11.6 Å². The van der Waals surface area contributed by atoms with E-state index >= 15 is 0 Å². The van der Waals surface area contributed by atoms with Gasteiger partial charge >= 0.3 is 0 Å². The Kier molecular flexibility index (Phi) is 5.18. The Morgan fingerprint density at radius 2 is 1.96 bits per heavy atom. The van der Waals surface area contributed by atoms with E-state index in [1.54, 1.807) is 24.3 Å². The van der Waals surface area contributed by atoms with Crippen molar-refractivity contribution in [1.82, 2.24) is 14.7 Å². The molecule has 1 saturated heterocycles. The zero-order valence-corrected chi connectivity index (χ0v) is 16.5. The maximum atomic E-state index is 13.0. The highest BCUT2D eigenvalue weighted by Crippen LogP contribution is 2.27. The monoisotopic (exact) mass is 374 g/mol. The number of nitrogens with two attached hydrogens (primary N) is 1. The van der Waals surface area contributed by atoms with Gasteiger partial charge in [0.05, 0.1) is 4.88 Å². The van der Waals surface area contributed by atoms with Crippen LogP contribution in [0.2, 0.25) is 0 Å². The highest BCUT2D eigenvalue weighted by molar-refractivity contribution is 7.15. The number of rotatable bonds is 3. The minimum absolute atomic E-state index is 0.0723. The predicted octanol–water partition coefficient (Wildman–Crippen LogP) is 2.93. The van der Waals surface area contributed by atoms with Crippen molar-refractivity contribution in [3.63, 3.8) is 0 Å². The first kappa shape index (κ1) is 18.6. The first-order valence-electron chi connectivity index (χ1n) is 9.01. The third kappa shape index (κ3) is 3.67. The number of aromatic nitrogens is 2. The Hall–Kier alpha value is -2.15. The normalized spacial score (nSPS) is 21.6. The number of aryl methyl sites for hydroxylation is 1. The standard InChI is InChI=1S/C19H26N4O2S/c1-11-7-12(2)10-22(9-11)18(24)14(4)23-19(25)15(20)8-16(21-23)17-6-5-13(3)26-17/h5-6,8,11-12,14H,7,9-10,20H2,1-4H3/t11-,12-,14-/m1/s1. The van der Waals surface area contributed by atoms with Gasteiger partial charge in [-0.15, -0.1) is 11.3 Å². The van der Waals surface area contributed by atoms with Gasteiger partial charge in [-0.2, -0.15) is 5.10 Å². The molecular weight excluding hydrogens is 348 g/mol.